The van der Waals surface area contributed by atoms with Gasteiger partial charge in [0.15, 0.2) is 0 Å². The van der Waals surface area contributed by atoms with Gasteiger partial charge in [-0.05, 0) is 32.8 Å². The molecule has 0 bridgehead atoms. The zero-order valence-corrected chi connectivity index (χ0v) is 13.2. The molecule has 0 atom stereocenters. The lowest BCUT2D eigenvalue weighted by Crippen LogP contribution is -2.35. The van der Waals surface area contributed by atoms with E-state index in [1.165, 1.54) is 0 Å². The van der Waals surface area contributed by atoms with Crippen molar-refractivity contribution < 1.29 is 19.4 Å². The van der Waals surface area contributed by atoms with Gasteiger partial charge in [-0.1, -0.05) is 6.07 Å². The van der Waals surface area contributed by atoms with Crippen molar-refractivity contribution in [2.45, 2.75) is 45.8 Å². The summed E-state index contributed by atoms with van der Waals surface area (Å²) in [6, 6.07) is 3.26. The molecule has 1 rings (SSSR count). The molecule has 0 spiro atoms. The Morgan fingerprint density at radius 3 is 2.55 bits per heavy atom. The summed E-state index contributed by atoms with van der Waals surface area (Å²) < 4.78 is 5.61. The van der Waals surface area contributed by atoms with Crippen molar-refractivity contribution in [2.75, 3.05) is 6.54 Å². The summed E-state index contributed by atoms with van der Waals surface area (Å²) in [7, 11) is 0. The minimum Gasteiger partial charge on any atom is -0.481 e. The van der Waals surface area contributed by atoms with Crippen LogP contribution in [-0.4, -0.2) is 34.2 Å². The van der Waals surface area contributed by atoms with E-state index in [4.69, 9.17) is 9.84 Å². The molecule has 1 aromatic heterocycles. The standard InChI is InChI=1S/C15H23N3O4/c1-15(2,3)22-12-7-6-11(9-17-12)10-18-14(21)16-8-4-5-13(19)20/h6-7,9H,4-5,8,10H2,1-3H3,(H,19,20)(H2,16,18,21). The third-order valence-electron chi connectivity index (χ3n) is 2.51. The molecule has 1 heterocycles. The smallest absolute Gasteiger partial charge is 0.315 e. The number of ether oxygens (including phenoxy) is 1. The van der Waals surface area contributed by atoms with Gasteiger partial charge in [0.2, 0.25) is 5.88 Å². The molecule has 2 amide bonds. The van der Waals surface area contributed by atoms with E-state index in [9.17, 15) is 9.59 Å². The van der Waals surface area contributed by atoms with Crippen molar-refractivity contribution in [3.05, 3.63) is 23.9 Å². The van der Waals surface area contributed by atoms with Crippen molar-refractivity contribution in [3.63, 3.8) is 0 Å². The number of carboxylic acid groups (broad SMARTS) is 1. The van der Waals surface area contributed by atoms with Crippen LogP contribution in [0.4, 0.5) is 4.79 Å². The number of rotatable bonds is 7. The van der Waals surface area contributed by atoms with Gasteiger partial charge < -0.3 is 20.5 Å². The minimum absolute atomic E-state index is 0.0411. The van der Waals surface area contributed by atoms with Gasteiger partial charge in [0.05, 0.1) is 0 Å². The number of nitrogens with zero attached hydrogens (tertiary/aromatic N) is 1. The number of aromatic nitrogens is 1. The highest BCUT2D eigenvalue weighted by molar-refractivity contribution is 5.73. The first-order valence-electron chi connectivity index (χ1n) is 7.14. The van der Waals surface area contributed by atoms with Gasteiger partial charge in [-0.15, -0.1) is 0 Å². The van der Waals surface area contributed by atoms with Crippen LogP contribution in [0.1, 0.15) is 39.2 Å². The molecule has 0 unspecified atom stereocenters. The van der Waals surface area contributed by atoms with E-state index < -0.39 is 5.97 Å². The number of amides is 2. The van der Waals surface area contributed by atoms with Gasteiger partial charge in [0, 0.05) is 31.8 Å². The molecule has 0 saturated heterocycles. The fourth-order valence-corrected chi connectivity index (χ4v) is 1.58. The van der Waals surface area contributed by atoms with Crippen molar-refractivity contribution in [1.29, 1.82) is 0 Å². The number of urea groups is 1. The van der Waals surface area contributed by atoms with Gasteiger partial charge in [-0.25, -0.2) is 9.78 Å². The zero-order valence-electron chi connectivity index (χ0n) is 13.2. The molecular weight excluding hydrogens is 286 g/mol. The van der Waals surface area contributed by atoms with Crippen molar-refractivity contribution in [1.82, 2.24) is 15.6 Å². The number of carboxylic acids is 1. The molecule has 7 heteroatoms. The fourth-order valence-electron chi connectivity index (χ4n) is 1.58. The lowest BCUT2D eigenvalue weighted by molar-refractivity contribution is -0.137. The Labute approximate surface area is 130 Å². The van der Waals surface area contributed by atoms with E-state index >= 15 is 0 Å². The maximum atomic E-state index is 11.5. The second-order valence-electron chi connectivity index (χ2n) is 5.83. The highest BCUT2D eigenvalue weighted by Crippen LogP contribution is 2.15. The first kappa shape index (κ1) is 17.7. The highest BCUT2D eigenvalue weighted by atomic mass is 16.5. The van der Waals surface area contributed by atoms with Gasteiger partial charge in [0.1, 0.15) is 5.60 Å². The first-order valence-corrected chi connectivity index (χ1v) is 7.14. The molecule has 122 valence electrons. The van der Waals surface area contributed by atoms with E-state index in [2.05, 4.69) is 15.6 Å². The summed E-state index contributed by atoms with van der Waals surface area (Å²) in [5, 5.41) is 13.7. The predicted octanol–water partition coefficient (Wildman–Crippen LogP) is 1.92. The zero-order chi connectivity index (χ0) is 16.6. The third-order valence-corrected chi connectivity index (χ3v) is 2.51. The number of hydrogen-bond donors (Lipinski definition) is 3. The van der Waals surface area contributed by atoms with Crippen LogP contribution < -0.4 is 15.4 Å². The molecule has 0 fully saturated rings. The van der Waals surface area contributed by atoms with Crippen LogP contribution in [0.15, 0.2) is 18.3 Å². The number of aliphatic carboxylic acids is 1. The van der Waals surface area contributed by atoms with Crippen molar-refractivity contribution in [3.8, 4) is 5.88 Å². The molecular formula is C15H23N3O4. The lowest BCUT2D eigenvalue weighted by Gasteiger charge is -2.20. The fraction of sp³-hybridized carbons (Fsp3) is 0.533. The largest absolute Gasteiger partial charge is 0.481 e. The average Bonchev–Trinajstić information content (AvgIpc) is 2.41. The second kappa shape index (κ2) is 8.21. The summed E-state index contributed by atoms with van der Waals surface area (Å²) in [4.78, 5) is 26.0. The van der Waals surface area contributed by atoms with E-state index in [-0.39, 0.29) is 18.1 Å². The van der Waals surface area contributed by atoms with E-state index in [1.807, 2.05) is 26.8 Å². The number of hydrogen-bond acceptors (Lipinski definition) is 4. The Hall–Kier alpha value is -2.31. The monoisotopic (exact) mass is 309 g/mol. The molecule has 0 saturated carbocycles. The normalized spacial score (nSPS) is 10.9. The highest BCUT2D eigenvalue weighted by Gasteiger charge is 2.12. The first-order chi connectivity index (χ1) is 10.3. The Morgan fingerprint density at radius 1 is 1.27 bits per heavy atom. The molecule has 0 radical (unpaired) electrons. The van der Waals surface area contributed by atoms with Crippen LogP contribution in [-0.2, 0) is 11.3 Å². The van der Waals surface area contributed by atoms with Gasteiger partial charge in [-0.2, -0.15) is 0 Å². The second-order valence-corrected chi connectivity index (χ2v) is 5.83. The Morgan fingerprint density at radius 2 is 2.00 bits per heavy atom. The summed E-state index contributed by atoms with van der Waals surface area (Å²) in [6.07, 6.45) is 2.09. The third kappa shape index (κ3) is 8.08. The van der Waals surface area contributed by atoms with Crippen LogP contribution in [0.25, 0.3) is 0 Å². The number of pyridine rings is 1. The number of carbonyl (C=O) groups excluding carboxylic acids is 1. The van der Waals surface area contributed by atoms with Crippen LogP contribution >= 0.6 is 0 Å². The summed E-state index contributed by atoms with van der Waals surface area (Å²) in [5.41, 5.74) is 0.546. The van der Waals surface area contributed by atoms with Gasteiger partial charge >= 0.3 is 12.0 Å². The Bertz CT molecular complexity index is 495. The van der Waals surface area contributed by atoms with Crippen LogP contribution in [0.5, 0.6) is 5.88 Å². The molecule has 0 aliphatic carbocycles. The summed E-state index contributed by atoms with van der Waals surface area (Å²) >= 11 is 0. The maximum absolute atomic E-state index is 11.5. The molecule has 0 aliphatic rings. The molecule has 22 heavy (non-hydrogen) atoms. The lowest BCUT2D eigenvalue weighted by atomic mass is 10.2. The van der Waals surface area contributed by atoms with E-state index in [0.29, 0.717) is 25.4 Å². The van der Waals surface area contributed by atoms with Crippen molar-refractivity contribution >= 4 is 12.0 Å². The van der Waals surface area contributed by atoms with Crippen LogP contribution in [0.3, 0.4) is 0 Å². The predicted molar refractivity (Wildman–Crippen MR) is 81.7 cm³/mol. The average molecular weight is 309 g/mol. The van der Waals surface area contributed by atoms with Crippen LogP contribution in [0, 0.1) is 0 Å². The maximum Gasteiger partial charge on any atom is 0.315 e. The summed E-state index contributed by atoms with van der Waals surface area (Å²) in [6.45, 7) is 6.50. The van der Waals surface area contributed by atoms with Gasteiger partial charge in [0.25, 0.3) is 0 Å². The van der Waals surface area contributed by atoms with E-state index in [1.54, 1.807) is 12.3 Å². The Balaban J connectivity index is 2.29. The molecule has 3 N–H and O–H groups in total. The van der Waals surface area contributed by atoms with Crippen LogP contribution in [0.2, 0.25) is 0 Å². The summed E-state index contributed by atoms with van der Waals surface area (Å²) in [5.74, 6) is -0.333. The molecule has 0 aliphatic heterocycles. The van der Waals surface area contributed by atoms with Crippen molar-refractivity contribution in [2.24, 2.45) is 0 Å². The Kier molecular flexibility index (Phi) is 6.62. The number of carbonyl (C=O) groups is 2. The molecule has 7 nitrogen and oxygen atoms in total. The topological polar surface area (TPSA) is 101 Å². The molecule has 0 aromatic carbocycles. The SMILES string of the molecule is CC(C)(C)Oc1ccc(CNC(=O)NCCCC(=O)O)cn1. The minimum atomic E-state index is -0.870. The number of nitrogens with one attached hydrogen (secondary N) is 2. The quantitative estimate of drug-likeness (QED) is 0.668. The van der Waals surface area contributed by atoms with Gasteiger partial charge in [-0.3, -0.25) is 4.79 Å². The van der Waals surface area contributed by atoms with E-state index in [0.717, 1.165) is 5.56 Å². The molecule has 1 aromatic rings.